The summed E-state index contributed by atoms with van der Waals surface area (Å²) in [5.74, 6) is 0.748. The van der Waals surface area contributed by atoms with Crippen molar-refractivity contribution in [2.75, 3.05) is 19.7 Å². The molecular weight excluding hydrogens is 198 g/mol. The van der Waals surface area contributed by atoms with Crippen LogP contribution in [0.5, 0.6) is 0 Å². The zero-order valence-electron chi connectivity index (χ0n) is 8.61. The summed E-state index contributed by atoms with van der Waals surface area (Å²) in [6, 6.07) is 0. The van der Waals surface area contributed by atoms with Gasteiger partial charge in [0, 0.05) is 25.9 Å². The molecule has 2 aliphatic rings. The fourth-order valence-electron chi connectivity index (χ4n) is 1.65. The Morgan fingerprint density at radius 3 is 2.67 bits per heavy atom. The van der Waals surface area contributed by atoms with E-state index in [1.165, 1.54) is 0 Å². The average Bonchev–Trinajstić information content (AvgIpc) is 2.05. The van der Waals surface area contributed by atoms with E-state index in [1.54, 1.807) is 4.90 Å². The van der Waals surface area contributed by atoms with Crippen molar-refractivity contribution in [2.24, 2.45) is 5.92 Å². The Balaban J connectivity index is 1.47. The van der Waals surface area contributed by atoms with Crippen molar-refractivity contribution >= 4 is 11.9 Å². The molecule has 0 radical (unpaired) electrons. The molecule has 5 nitrogen and oxygen atoms in total. The molecule has 5 heteroatoms. The minimum absolute atomic E-state index is 0.317. The van der Waals surface area contributed by atoms with E-state index >= 15 is 0 Å². The minimum Gasteiger partial charge on any atom is -0.306 e. The molecule has 2 fully saturated rings. The van der Waals surface area contributed by atoms with E-state index < -0.39 is 6.09 Å². The van der Waals surface area contributed by atoms with Crippen molar-refractivity contribution in [3.8, 4) is 0 Å². The second kappa shape index (κ2) is 4.61. The number of hydrogen-bond acceptors (Lipinski definition) is 4. The third kappa shape index (κ3) is 2.68. The lowest BCUT2D eigenvalue weighted by molar-refractivity contribution is -0.250. The highest BCUT2D eigenvalue weighted by Gasteiger charge is 2.26. The van der Waals surface area contributed by atoms with Crippen LogP contribution in [-0.4, -0.2) is 36.5 Å². The lowest BCUT2D eigenvalue weighted by atomic mass is 9.82. The van der Waals surface area contributed by atoms with Crippen molar-refractivity contribution in [1.82, 2.24) is 4.90 Å². The molecule has 0 spiro atoms. The van der Waals surface area contributed by atoms with Crippen LogP contribution < -0.4 is 0 Å². The summed E-state index contributed by atoms with van der Waals surface area (Å²) in [4.78, 5) is 32.8. The van der Waals surface area contributed by atoms with E-state index in [9.17, 15) is 9.59 Å². The molecule has 0 bridgehead atoms. The standard InChI is InChI=1S/C10H15NO4/c12-9-6-8(7-9)2-5-14-15-10(13)11-3-1-4-11/h8H,1-7H2. The number of amides is 1. The molecule has 1 aliphatic carbocycles. The monoisotopic (exact) mass is 213 g/mol. The normalized spacial score (nSPS) is 20.8. The summed E-state index contributed by atoms with van der Waals surface area (Å²) >= 11 is 0. The van der Waals surface area contributed by atoms with E-state index in [4.69, 9.17) is 4.89 Å². The largest absolute Gasteiger partial charge is 0.441 e. The maximum Gasteiger partial charge on any atom is 0.441 e. The molecule has 0 aromatic carbocycles. The number of likely N-dealkylation sites (tertiary alicyclic amines) is 1. The predicted molar refractivity (Wildman–Crippen MR) is 51.0 cm³/mol. The summed E-state index contributed by atoms with van der Waals surface area (Å²) in [5.41, 5.74) is 0. The molecular formula is C10H15NO4. The zero-order chi connectivity index (χ0) is 10.7. The summed E-state index contributed by atoms with van der Waals surface area (Å²) in [7, 11) is 0. The molecule has 0 aromatic rings. The predicted octanol–water partition coefficient (Wildman–Crippen LogP) is 1.13. The number of hydrogen-bond donors (Lipinski definition) is 0. The van der Waals surface area contributed by atoms with Gasteiger partial charge < -0.3 is 4.90 Å². The topological polar surface area (TPSA) is 55.8 Å². The van der Waals surface area contributed by atoms with Crippen LogP contribution in [0.25, 0.3) is 0 Å². The first-order chi connectivity index (χ1) is 7.25. The highest BCUT2D eigenvalue weighted by atomic mass is 17.2. The summed E-state index contributed by atoms with van der Waals surface area (Å²) in [6.45, 7) is 1.91. The molecule has 0 N–H and O–H groups in total. The van der Waals surface area contributed by atoms with Gasteiger partial charge in [-0.1, -0.05) is 0 Å². The van der Waals surface area contributed by atoms with Gasteiger partial charge in [-0.15, -0.1) is 0 Å². The molecule has 0 unspecified atom stereocenters. The number of rotatable bonds is 4. The van der Waals surface area contributed by atoms with Gasteiger partial charge in [-0.05, 0) is 18.8 Å². The first kappa shape index (κ1) is 10.4. The molecule has 84 valence electrons. The van der Waals surface area contributed by atoms with Crippen LogP contribution in [0, 0.1) is 5.92 Å². The number of nitrogens with zero attached hydrogens (tertiary/aromatic N) is 1. The molecule has 1 saturated heterocycles. The molecule has 1 aliphatic heterocycles. The first-order valence-electron chi connectivity index (χ1n) is 5.36. The Hall–Kier alpha value is -1.10. The van der Waals surface area contributed by atoms with Crippen LogP contribution in [0.2, 0.25) is 0 Å². The van der Waals surface area contributed by atoms with Crippen LogP contribution in [0.4, 0.5) is 4.79 Å². The van der Waals surface area contributed by atoms with Crippen molar-refractivity contribution in [1.29, 1.82) is 0 Å². The van der Waals surface area contributed by atoms with Crippen LogP contribution in [0.3, 0.4) is 0 Å². The SMILES string of the molecule is O=C1CC(CCOOC(=O)N2CCC2)C1. The minimum atomic E-state index is -0.397. The Morgan fingerprint density at radius 1 is 1.40 bits per heavy atom. The molecule has 1 heterocycles. The van der Waals surface area contributed by atoms with Gasteiger partial charge in [-0.2, -0.15) is 4.89 Å². The smallest absolute Gasteiger partial charge is 0.306 e. The Labute approximate surface area is 88.3 Å². The van der Waals surface area contributed by atoms with Crippen molar-refractivity contribution in [3.63, 3.8) is 0 Å². The number of ketones is 1. The van der Waals surface area contributed by atoms with E-state index in [0.717, 1.165) is 25.9 Å². The van der Waals surface area contributed by atoms with E-state index in [1.807, 2.05) is 0 Å². The second-order valence-corrected chi connectivity index (χ2v) is 4.11. The summed E-state index contributed by atoms with van der Waals surface area (Å²) in [5, 5.41) is 0. The maximum absolute atomic E-state index is 11.1. The van der Waals surface area contributed by atoms with Crippen LogP contribution in [-0.2, 0) is 14.6 Å². The quantitative estimate of drug-likeness (QED) is 0.399. The van der Waals surface area contributed by atoms with Crippen LogP contribution in [0.15, 0.2) is 0 Å². The Morgan fingerprint density at radius 2 is 2.13 bits per heavy atom. The van der Waals surface area contributed by atoms with Gasteiger partial charge >= 0.3 is 6.09 Å². The first-order valence-corrected chi connectivity index (χ1v) is 5.36. The molecule has 2 rings (SSSR count). The van der Waals surface area contributed by atoms with Gasteiger partial charge in [0.2, 0.25) is 0 Å². The highest BCUT2D eigenvalue weighted by Crippen LogP contribution is 2.25. The van der Waals surface area contributed by atoms with Gasteiger partial charge in [0.25, 0.3) is 0 Å². The van der Waals surface area contributed by atoms with E-state index in [-0.39, 0.29) is 0 Å². The zero-order valence-corrected chi connectivity index (χ0v) is 8.61. The van der Waals surface area contributed by atoms with Crippen molar-refractivity contribution in [3.05, 3.63) is 0 Å². The molecule has 0 aromatic heterocycles. The Bertz CT molecular complexity index is 254. The fourth-order valence-corrected chi connectivity index (χ4v) is 1.65. The molecule has 1 amide bonds. The average molecular weight is 213 g/mol. The molecule has 1 saturated carbocycles. The van der Waals surface area contributed by atoms with E-state index in [2.05, 4.69) is 4.89 Å². The van der Waals surface area contributed by atoms with E-state index in [0.29, 0.717) is 31.1 Å². The fraction of sp³-hybridized carbons (Fsp3) is 0.800. The Kier molecular flexibility index (Phi) is 3.20. The number of Topliss-reactive ketones (excluding diaryl/α,β-unsaturated/α-hetero) is 1. The van der Waals surface area contributed by atoms with Crippen LogP contribution >= 0.6 is 0 Å². The molecule has 15 heavy (non-hydrogen) atoms. The van der Waals surface area contributed by atoms with Gasteiger partial charge in [0.15, 0.2) is 0 Å². The van der Waals surface area contributed by atoms with Gasteiger partial charge in [0.05, 0.1) is 6.61 Å². The third-order valence-corrected chi connectivity index (χ3v) is 2.89. The lowest BCUT2D eigenvalue weighted by Gasteiger charge is -2.29. The molecule has 0 atom stereocenters. The van der Waals surface area contributed by atoms with Gasteiger partial charge in [0.1, 0.15) is 5.78 Å². The highest BCUT2D eigenvalue weighted by molar-refractivity contribution is 5.84. The summed E-state index contributed by atoms with van der Waals surface area (Å²) < 4.78 is 0. The van der Waals surface area contributed by atoms with Crippen LogP contribution in [0.1, 0.15) is 25.7 Å². The van der Waals surface area contributed by atoms with Gasteiger partial charge in [-0.3, -0.25) is 9.68 Å². The second-order valence-electron chi connectivity index (χ2n) is 4.11. The van der Waals surface area contributed by atoms with Crippen molar-refractivity contribution in [2.45, 2.75) is 25.7 Å². The third-order valence-electron chi connectivity index (χ3n) is 2.89. The lowest BCUT2D eigenvalue weighted by Crippen LogP contribution is -2.42. The maximum atomic E-state index is 11.1. The number of carbonyl (C=O) groups excluding carboxylic acids is 2. The summed E-state index contributed by atoms with van der Waals surface area (Å²) in [6.07, 6.45) is 2.75. The van der Waals surface area contributed by atoms with Gasteiger partial charge in [-0.25, -0.2) is 4.79 Å². The number of carbonyl (C=O) groups is 2. The van der Waals surface area contributed by atoms with Crippen molar-refractivity contribution < 1.29 is 19.4 Å².